The highest BCUT2D eigenvalue weighted by molar-refractivity contribution is 7.98. The maximum absolute atomic E-state index is 6.20. The molecular weight excluding hydrogens is 336 g/mol. The van der Waals surface area contributed by atoms with Crippen molar-refractivity contribution in [2.45, 2.75) is 82.3 Å². The number of thioether (sulfide) groups is 1. The van der Waals surface area contributed by atoms with E-state index in [1.807, 2.05) is 11.8 Å². The smallest absolute Gasteiger partial charge is 0.0208 e. The Morgan fingerprint density at radius 3 is 2.23 bits per heavy atom. The number of rotatable bonds is 6. The highest BCUT2D eigenvalue weighted by Crippen LogP contribution is 2.38. The summed E-state index contributed by atoms with van der Waals surface area (Å²) in [5, 5.41) is 3.84. The molecule has 26 heavy (non-hydrogen) atoms. The van der Waals surface area contributed by atoms with Crippen LogP contribution in [0.25, 0.3) is 0 Å². The Labute approximate surface area is 165 Å². The van der Waals surface area contributed by atoms with Gasteiger partial charge < -0.3 is 11.1 Å². The topological polar surface area (TPSA) is 38.0 Å². The first-order chi connectivity index (χ1) is 12.5. The molecule has 0 aliphatic heterocycles. The molecule has 2 saturated carbocycles. The van der Waals surface area contributed by atoms with Gasteiger partial charge in [0.25, 0.3) is 0 Å². The van der Waals surface area contributed by atoms with Crippen molar-refractivity contribution in [1.82, 2.24) is 5.32 Å². The van der Waals surface area contributed by atoms with Crippen LogP contribution in [0.1, 0.15) is 64.4 Å². The Balaban J connectivity index is 1.41. The maximum atomic E-state index is 6.20. The summed E-state index contributed by atoms with van der Waals surface area (Å²) in [5.74, 6) is 3.39. The molecule has 0 radical (unpaired) electrons. The van der Waals surface area contributed by atoms with Gasteiger partial charge in [-0.2, -0.15) is 0 Å². The molecule has 3 heteroatoms. The van der Waals surface area contributed by atoms with Crippen molar-refractivity contribution in [3.05, 3.63) is 29.8 Å². The Hall–Kier alpha value is -0.510. The minimum atomic E-state index is 0.454. The molecule has 3 rings (SSSR count). The summed E-state index contributed by atoms with van der Waals surface area (Å²) in [6.07, 6.45) is 11.7. The molecule has 1 aromatic rings. The van der Waals surface area contributed by atoms with Crippen molar-refractivity contribution in [3.8, 4) is 0 Å². The number of hydrogen-bond donors (Lipinski definition) is 2. The van der Waals surface area contributed by atoms with Gasteiger partial charge in [0.1, 0.15) is 0 Å². The number of benzene rings is 1. The zero-order chi connectivity index (χ0) is 18.5. The van der Waals surface area contributed by atoms with E-state index in [-0.39, 0.29) is 0 Å². The molecule has 0 spiro atoms. The van der Waals surface area contributed by atoms with Gasteiger partial charge in [0.15, 0.2) is 0 Å². The lowest BCUT2D eigenvalue weighted by Gasteiger charge is -2.38. The number of nitrogens with two attached hydrogens (primary N) is 1. The summed E-state index contributed by atoms with van der Waals surface area (Å²) >= 11 is 1.81. The number of hydrogen-bond acceptors (Lipinski definition) is 3. The normalized spacial score (nSPS) is 35.4. The molecule has 0 bridgehead atoms. The summed E-state index contributed by atoms with van der Waals surface area (Å²) in [4.78, 5) is 1.35. The van der Waals surface area contributed by atoms with E-state index in [1.54, 1.807) is 0 Å². The molecule has 2 nitrogen and oxygen atoms in total. The van der Waals surface area contributed by atoms with Crippen molar-refractivity contribution in [1.29, 1.82) is 0 Å². The molecule has 6 unspecified atom stereocenters. The van der Waals surface area contributed by atoms with Gasteiger partial charge in [-0.15, -0.1) is 11.8 Å². The van der Waals surface area contributed by atoms with E-state index in [4.69, 9.17) is 5.73 Å². The second-order valence-electron chi connectivity index (χ2n) is 9.05. The van der Waals surface area contributed by atoms with Gasteiger partial charge in [-0.1, -0.05) is 26.0 Å². The fourth-order valence-corrected chi connectivity index (χ4v) is 5.64. The Bertz CT molecular complexity index is 544. The van der Waals surface area contributed by atoms with Gasteiger partial charge in [-0.25, -0.2) is 0 Å². The van der Waals surface area contributed by atoms with E-state index in [1.165, 1.54) is 55.4 Å². The molecule has 0 amide bonds. The van der Waals surface area contributed by atoms with Crippen LogP contribution >= 0.6 is 11.8 Å². The minimum absolute atomic E-state index is 0.454. The standard InChI is InChI=1S/C23H38N2S/c1-16-12-19(6-10-22(16)24)14-20-7-11-23(17(2)13-20)25-15-18-4-8-21(26-3)9-5-18/h4-5,8-9,16-17,19-20,22-23,25H,6-7,10-15,24H2,1-3H3. The maximum Gasteiger partial charge on any atom is 0.0208 e. The first-order valence-corrected chi connectivity index (χ1v) is 11.9. The predicted molar refractivity (Wildman–Crippen MR) is 114 cm³/mol. The van der Waals surface area contributed by atoms with E-state index in [0.717, 1.165) is 30.2 Å². The third kappa shape index (κ3) is 5.50. The summed E-state index contributed by atoms with van der Waals surface area (Å²) in [6, 6.07) is 10.1. The van der Waals surface area contributed by atoms with Gasteiger partial charge in [0.05, 0.1) is 0 Å². The lowest BCUT2D eigenvalue weighted by Crippen LogP contribution is -2.40. The van der Waals surface area contributed by atoms with Crippen molar-refractivity contribution >= 4 is 11.8 Å². The van der Waals surface area contributed by atoms with Gasteiger partial charge in [-0.05, 0) is 92.6 Å². The molecule has 0 saturated heterocycles. The van der Waals surface area contributed by atoms with Crippen LogP contribution in [0.2, 0.25) is 0 Å². The largest absolute Gasteiger partial charge is 0.327 e. The molecule has 146 valence electrons. The minimum Gasteiger partial charge on any atom is -0.327 e. The number of nitrogens with one attached hydrogen (secondary N) is 1. The molecule has 6 atom stereocenters. The van der Waals surface area contributed by atoms with Crippen LogP contribution in [-0.2, 0) is 6.54 Å². The zero-order valence-electron chi connectivity index (χ0n) is 16.9. The molecule has 1 aromatic carbocycles. The predicted octanol–water partition coefficient (Wildman–Crippen LogP) is 5.46. The van der Waals surface area contributed by atoms with Crippen LogP contribution in [0.15, 0.2) is 29.2 Å². The average molecular weight is 375 g/mol. The first-order valence-electron chi connectivity index (χ1n) is 10.7. The van der Waals surface area contributed by atoms with Crippen LogP contribution in [0.3, 0.4) is 0 Å². The van der Waals surface area contributed by atoms with E-state index in [9.17, 15) is 0 Å². The van der Waals surface area contributed by atoms with Gasteiger partial charge in [0, 0.05) is 23.5 Å². The van der Waals surface area contributed by atoms with Gasteiger partial charge >= 0.3 is 0 Å². The molecule has 0 aromatic heterocycles. The summed E-state index contributed by atoms with van der Waals surface area (Å²) in [6.45, 7) is 5.82. The van der Waals surface area contributed by atoms with Gasteiger partial charge in [-0.3, -0.25) is 0 Å². The molecule has 2 aliphatic carbocycles. The lowest BCUT2D eigenvalue weighted by atomic mass is 9.71. The lowest BCUT2D eigenvalue weighted by molar-refractivity contribution is 0.157. The van der Waals surface area contributed by atoms with Gasteiger partial charge in [0.2, 0.25) is 0 Å². The van der Waals surface area contributed by atoms with Crippen LogP contribution < -0.4 is 11.1 Å². The van der Waals surface area contributed by atoms with E-state index in [2.05, 4.69) is 49.7 Å². The second kappa shape index (κ2) is 9.61. The monoisotopic (exact) mass is 374 g/mol. The van der Waals surface area contributed by atoms with Crippen LogP contribution in [-0.4, -0.2) is 18.3 Å². The third-order valence-corrected chi connectivity index (χ3v) is 7.76. The summed E-state index contributed by atoms with van der Waals surface area (Å²) in [5.41, 5.74) is 7.61. The Morgan fingerprint density at radius 2 is 1.62 bits per heavy atom. The highest BCUT2D eigenvalue weighted by atomic mass is 32.2. The van der Waals surface area contributed by atoms with Crippen molar-refractivity contribution in [3.63, 3.8) is 0 Å². The van der Waals surface area contributed by atoms with Crippen molar-refractivity contribution < 1.29 is 0 Å². The van der Waals surface area contributed by atoms with Crippen LogP contribution in [0, 0.1) is 23.7 Å². The third-order valence-electron chi connectivity index (χ3n) is 7.02. The zero-order valence-corrected chi connectivity index (χ0v) is 17.7. The van der Waals surface area contributed by atoms with Crippen LogP contribution in [0.5, 0.6) is 0 Å². The molecule has 0 heterocycles. The van der Waals surface area contributed by atoms with E-state index in [0.29, 0.717) is 12.1 Å². The summed E-state index contributed by atoms with van der Waals surface area (Å²) in [7, 11) is 0. The Morgan fingerprint density at radius 1 is 0.962 bits per heavy atom. The molecule has 3 N–H and O–H groups in total. The van der Waals surface area contributed by atoms with E-state index < -0.39 is 0 Å². The fraction of sp³-hybridized carbons (Fsp3) is 0.739. The van der Waals surface area contributed by atoms with Crippen molar-refractivity contribution in [2.24, 2.45) is 29.4 Å². The summed E-state index contributed by atoms with van der Waals surface area (Å²) < 4.78 is 0. The van der Waals surface area contributed by atoms with Crippen LogP contribution in [0.4, 0.5) is 0 Å². The fourth-order valence-electron chi connectivity index (χ4n) is 5.23. The molecule has 2 aliphatic rings. The average Bonchev–Trinajstić information content (AvgIpc) is 2.64. The SMILES string of the molecule is CSc1ccc(CNC2CCC(CC3CCC(N)C(C)C3)CC2C)cc1. The Kier molecular flexibility index (Phi) is 7.48. The molecule has 2 fully saturated rings. The first kappa shape index (κ1) is 20.2. The highest BCUT2D eigenvalue weighted by Gasteiger charge is 2.31. The molecular formula is C23H38N2S. The van der Waals surface area contributed by atoms with Crippen molar-refractivity contribution in [2.75, 3.05) is 6.26 Å². The van der Waals surface area contributed by atoms with E-state index >= 15 is 0 Å². The quantitative estimate of drug-likeness (QED) is 0.650. The second-order valence-corrected chi connectivity index (χ2v) is 9.93.